The van der Waals surface area contributed by atoms with Crippen LogP contribution in [0.4, 0.5) is 5.69 Å². The molecule has 206 valence electrons. The molecule has 2 aromatic carbocycles. The zero-order valence-corrected chi connectivity index (χ0v) is 24.5. The van der Waals surface area contributed by atoms with E-state index in [1.165, 1.54) is 28.2 Å². The number of amides is 1. The molecule has 1 aliphatic rings. The number of thiocarbonyl (C=S) groups is 1. The van der Waals surface area contributed by atoms with Crippen LogP contribution in [0.15, 0.2) is 79.0 Å². The van der Waals surface area contributed by atoms with E-state index in [9.17, 15) is 4.79 Å². The van der Waals surface area contributed by atoms with Gasteiger partial charge in [0.25, 0.3) is 0 Å². The van der Waals surface area contributed by atoms with Crippen LogP contribution in [0, 0.1) is 13.8 Å². The van der Waals surface area contributed by atoms with Crippen LogP contribution in [0.25, 0.3) is 5.69 Å². The molecule has 7 heteroatoms. The number of pyridine rings is 1. The number of carbonyl (C=O) groups is 1. The molecule has 1 saturated heterocycles. The van der Waals surface area contributed by atoms with Crippen molar-refractivity contribution >= 4 is 28.9 Å². The molecule has 0 radical (unpaired) electrons. The first-order valence-corrected chi connectivity index (χ1v) is 14.5. The fourth-order valence-corrected chi connectivity index (χ4v) is 6.19. The van der Waals surface area contributed by atoms with Gasteiger partial charge in [-0.15, -0.1) is 0 Å². The van der Waals surface area contributed by atoms with Crippen LogP contribution in [-0.4, -0.2) is 32.0 Å². The Hall–Kier alpha value is -3.97. The Morgan fingerprint density at radius 2 is 1.68 bits per heavy atom. The van der Waals surface area contributed by atoms with E-state index in [-0.39, 0.29) is 18.0 Å². The van der Waals surface area contributed by atoms with Crippen LogP contribution in [0.3, 0.4) is 0 Å². The normalized spacial score (nSPS) is 16.7. The molecule has 0 spiro atoms. The number of anilines is 1. The van der Waals surface area contributed by atoms with Gasteiger partial charge in [0, 0.05) is 41.9 Å². The lowest BCUT2D eigenvalue weighted by Crippen LogP contribution is -2.33. The van der Waals surface area contributed by atoms with Crippen molar-refractivity contribution < 1.29 is 4.79 Å². The molecule has 0 bridgehead atoms. The summed E-state index contributed by atoms with van der Waals surface area (Å²) in [5.41, 5.74) is 8.95. The van der Waals surface area contributed by atoms with E-state index in [1.807, 2.05) is 42.6 Å². The van der Waals surface area contributed by atoms with Crippen molar-refractivity contribution in [2.75, 3.05) is 11.9 Å². The van der Waals surface area contributed by atoms with Gasteiger partial charge < -0.3 is 20.1 Å². The summed E-state index contributed by atoms with van der Waals surface area (Å²) < 4.78 is 2.34. The molecule has 2 atom stereocenters. The number of nitrogens with one attached hydrogen (secondary N) is 2. The van der Waals surface area contributed by atoms with Crippen molar-refractivity contribution in [2.45, 2.75) is 59.0 Å². The Morgan fingerprint density at radius 3 is 2.40 bits per heavy atom. The topological polar surface area (TPSA) is 62.2 Å². The molecule has 4 aromatic rings. The predicted molar refractivity (Wildman–Crippen MR) is 166 cm³/mol. The van der Waals surface area contributed by atoms with E-state index >= 15 is 0 Å². The number of rotatable bonds is 9. The average molecular weight is 552 g/mol. The van der Waals surface area contributed by atoms with Gasteiger partial charge in [-0.05, 0) is 85.9 Å². The average Bonchev–Trinajstić information content (AvgIpc) is 3.46. The zero-order chi connectivity index (χ0) is 28.2. The van der Waals surface area contributed by atoms with Gasteiger partial charge in [0.1, 0.15) is 0 Å². The molecule has 3 heterocycles. The van der Waals surface area contributed by atoms with Crippen molar-refractivity contribution in [3.63, 3.8) is 0 Å². The van der Waals surface area contributed by atoms with Crippen LogP contribution in [0.2, 0.25) is 0 Å². The summed E-state index contributed by atoms with van der Waals surface area (Å²) in [6, 6.07) is 24.5. The fourth-order valence-electron chi connectivity index (χ4n) is 5.86. The lowest BCUT2D eigenvalue weighted by Gasteiger charge is -2.28. The van der Waals surface area contributed by atoms with Gasteiger partial charge >= 0.3 is 0 Å². The molecule has 0 unspecified atom stereocenters. The highest BCUT2D eigenvalue weighted by atomic mass is 32.1. The largest absolute Gasteiger partial charge is 0.352 e. The van der Waals surface area contributed by atoms with Crippen LogP contribution < -0.4 is 10.6 Å². The molecule has 2 aromatic heterocycles. The van der Waals surface area contributed by atoms with E-state index in [0.717, 1.165) is 29.8 Å². The molecule has 1 amide bonds. The number of carbonyl (C=O) groups excluding carboxylic acids is 1. The minimum absolute atomic E-state index is 0.0221. The van der Waals surface area contributed by atoms with Crippen LogP contribution in [0.5, 0.6) is 0 Å². The summed E-state index contributed by atoms with van der Waals surface area (Å²) in [6.45, 7) is 9.11. The Labute approximate surface area is 242 Å². The minimum Gasteiger partial charge on any atom is -0.352 e. The van der Waals surface area contributed by atoms with Crippen molar-refractivity contribution in [2.24, 2.45) is 0 Å². The second-order valence-electron chi connectivity index (χ2n) is 10.3. The summed E-state index contributed by atoms with van der Waals surface area (Å²) in [5.74, 6) is -0.0221. The fraction of sp³-hybridized carbons (Fsp3) is 0.303. The van der Waals surface area contributed by atoms with Crippen molar-refractivity contribution in [1.82, 2.24) is 19.8 Å². The Balaban J connectivity index is 1.48. The molecule has 0 aliphatic carbocycles. The second-order valence-corrected chi connectivity index (χ2v) is 10.7. The van der Waals surface area contributed by atoms with Crippen molar-refractivity contribution in [3.05, 3.63) is 113 Å². The molecular formula is C33H37N5OS. The number of para-hydroxylation sites is 2. The maximum atomic E-state index is 13.1. The molecule has 0 saturated carbocycles. The summed E-state index contributed by atoms with van der Waals surface area (Å²) in [5, 5.41) is 7.28. The lowest BCUT2D eigenvalue weighted by atomic mass is 9.96. The summed E-state index contributed by atoms with van der Waals surface area (Å²) in [7, 11) is 0. The van der Waals surface area contributed by atoms with E-state index in [1.54, 1.807) is 0 Å². The van der Waals surface area contributed by atoms with Crippen LogP contribution in [0.1, 0.15) is 66.1 Å². The third kappa shape index (κ3) is 5.39. The van der Waals surface area contributed by atoms with Gasteiger partial charge in [0.2, 0.25) is 5.91 Å². The van der Waals surface area contributed by atoms with Gasteiger partial charge in [-0.2, -0.15) is 0 Å². The van der Waals surface area contributed by atoms with Gasteiger partial charge in [-0.1, -0.05) is 56.3 Å². The summed E-state index contributed by atoms with van der Waals surface area (Å²) in [6.07, 6.45) is 3.96. The minimum atomic E-state index is -0.132. The molecule has 40 heavy (non-hydrogen) atoms. The number of nitrogens with zero attached hydrogens (tertiary/aromatic N) is 3. The number of aryl methyl sites for hydroxylation is 3. The molecule has 6 nitrogen and oxygen atoms in total. The molecule has 5 rings (SSSR count). The van der Waals surface area contributed by atoms with Crippen molar-refractivity contribution in [1.29, 1.82) is 0 Å². The monoisotopic (exact) mass is 551 g/mol. The maximum absolute atomic E-state index is 13.1. The smallest absolute Gasteiger partial charge is 0.226 e. The van der Waals surface area contributed by atoms with Crippen LogP contribution >= 0.6 is 12.2 Å². The molecule has 2 N–H and O–H groups in total. The number of hydrogen-bond acceptors (Lipinski definition) is 3. The van der Waals surface area contributed by atoms with Gasteiger partial charge in [-0.3, -0.25) is 9.78 Å². The Kier molecular flexibility index (Phi) is 8.31. The van der Waals surface area contributed by atoms with Crippen molar-refractivity contribution in [3.8, 4) is 5.69 Å². The zero-order valence-electron chi connectivity index (χ0n) is 23.6. The third-order valence-corrected chi connectivity index (χ3v) is 8.20. The van der Waals surface area contributed by atoms with Crippen LogP contribution in [-0.2, 0) is 17.6 Å². The van der Waals surface area contributed by atoms with E-state index < -0.39 is 0 Å². The van der Waals surface area contributed by atoms with E-state index in [4.69, 9.17) is 12.2 Å². The lowest BCUT2D eigenvalue weighted by molar-refractivity contribution is -0.116. The van der Waals surface area contributed by atoms with Gasteiger partial charge in [0.15, 0.2) is 5.11 Å². The highest BCUT2D eigenvalue weighted by Gasteiger charge is 2.41. The third-order valence-electron chi connectivity index (χ3n) is 7.85. The first-order chi connectivity index (χ1) is 19.4. The number of aromatic nitrogens is 2. The number of benzene rings is 2. The molecule has 1 fully saturated rings. The second kappa shape index (κ2) is 12.0. The SMILES string of the molecule is CCc1ccccc1NC(=O)CCN1C(=S)N[C@H](c2ccccn2)[C@H]1c1cc(C)n(-c2ccccc2CC)c1C. The highest BCUT2D eigenvalue weighted by molar-refractivity contribution is 7.80. The van der Waals surface area contributed by atoms with E-state index in [0.29, 0.717) is 18.1 Å². The van der Waals surface area contributed by atoms with Gasteiger partial charge in [0.05, 0.1) is 17.8 Å². The first-order valence-electron chi connectivity index (χ1n) is 14.1. The molecular weight excluding hydrogens is 514 g/mol. The molecule has 1 aliphatic heterocycles. The standard InChI is InChI=1S/C33H37N5OS/c1-5-24-13-7-9-15-27(24)35-30(39)18-20-37-32(31(36-33(37)40)28-16-11-12-19-34-28)26-21-22(3)38(23(26)4)29-17-10-8-14-25(29)6-2/h7-17,19,21,31-32H,5-6,18,20H2,1-4H3,(H,35,39)(H,36,40)/t31-,32-/m1/s1. The quantitative estimate of drug-likeness (QED) is 0.229. The summed E-state index contributed by atoms with van der Waals surface area (Å²) >= 11 is 5.88. The Morgan fingerprint density at radius 1 is 0.975 bits per heavy atom. The maximum Gasteiger partial charge on any atom is 0.226 e. The van der Waals surface area contributed by atoms with E-state index in [2.05, 4.69) is 89.2 Å². The highest BCUT2D eigenvalue weighted by Crippen LogP contribution is 2.41. The first kappa shape index (κ1) is 27.6. The Bertz CT molecular complexity index is 1510. The summed E-state index contributed by atoms with van der Waals surface area (Å²) in [4.78, 5) is 20.0. The number of hydrogen-bond donors (Lipinski definition) is 2. The predicted octanol–water partition coefficient (Wildman–Crippen LogP) is 6.62. The van der Waals surface area contributed by atoms with Gasteiger partial charge in [-0.25, -0.2) is 0 Å².